The number of aliphatic hydroxyl groups excluding tert-OH is 1. The molecule has 4 nitrogen and oxygen atoms in total. The van der Waals surface area contributed by atoms with Gasteiger partial charge in [-0.25, -0.2) is 9.59 Å². The second-order valence-electron chi connectivity index (χ2n) is 1.64. The van der Waals surface area contributed by atoms with Crippen LogP contribution >= 0.6 is 0 Å². The van der Waals surface area contributed by atoms with Crippen molar-refractivity contribution >= 4 is 11.9 Å². The Balaban J connectivity index is 2.90. The molecule has 1 aliphatic heterocycles. The van der Waals surface area contributed by atoms with Crippen LogP contribution in [0, 0.1) is 0 Å². The highest BCUT2D eigenvalue weighted by molar-refractivity contribution is 6.08. The van der Waals surface area contributed by atoms with Crippen LogP contribution in [0.3, 0.4) is 0 Å². The van der Waals surface area contributed by atoms with Gasteiger partial charge < -0.3 is 9.84 Å². The van der Waals surface area contributed by atoms with Crippen LogP contribution in [-0.2, 0) is 14.3 Å². The Kier molecular flexibility index (Phi) is 1.10. The SMILES string of the molecule is C=C1C(=O)OC(=O)C1O. The van der Waals surface area contributed by atoms with Crippen molar-refractivity contribution in [1.29, 1.82) is 0 Å². The molecular formula is C5H4O4. The quantitative estimate of drug-likeness (QED) is 0.258. The highest BCUT2D eigenvalue weighted by Crippen LogP contribution is 2.12. The number of cyclic esters (lactones) is 2. The van der Waals surface area contributed by atoms with Gasteiger partial charge in [0.25, 0.3) is 0 Å². The average Bonchev–Trinajstić information content (AvgIpc) is 1.98. The molecule has 1 saturated heterocycles. The normalized spacial score (nSPS) is 26.8. The Bertz CT molecular complexity index is 193. The monoisotopic (exact) mass is 128 g/mol. The highest BCUT2D eigenvalue weighted by Gasteiger charge is 2.35. The second-order valence-corrected chi connectivity index (χ2v) is 1.64. The first kappa shape index (κ1) is 5.97. The van der Waals surface area contributed by atoms with Gasteiger partial charge in [0.05, 0.1) is 5.57 Å². The van der Waals surface area contributed by atoms with E-state index in [1.165, 1.54) is 0 Å². The van der Waals surface area contributed by atoms with Crippen LogP contribution in [0.25, 0.3) is 0 Å². The summed E-state index contributed by atoms with van der Waals surface area (Å²) >= 11 is 0. The summed E-state index contributed by atoms with van der Waals surface area (Å²) in [6, 6.07) is 0. The smallest absolute Gasteiger partial charge is 0.347 e. The molecule has 0 saturated carbocycles. The molecule has 48 valence electrons. The van der Waals surface area contributed by atoms with Gasteiger partial charge in [-0.2, -0.15) is 0 Å². The van der Waals surface area contributed by atoms with Crippen LogP contribution in [0.2, 0.25) is 0 Å². The maximum Gasteiger partial charge on any atom is 0.347 e. The van der Waals surface area contributed by atoms with Crippen LogP contribution in [0.4, 0.5) is 0 Å². The van der Waals surface area contributed by atoms with E-state index in [4.69, 9.17) is 5.11 Å². The number of hydrogen-bond acceptors (Lipinski definition) is 4. The summed E-state index contributed by atoms with van der Waals surface area (Å²) in [6.07, 6.45) is -1.45. The molecule has 0 aromatic heterocycles. The van der Waals surface area contributed by atoms with E-state index in [2.05, 4.69) is 11.3 Å². The fourth-order valence-electron chi connectivity index (χ4n) is 0.467. The lowest BCUT2D eigenvalue weighted by atomic mass is 10.2. The Morgan fingerprint density at radius 1 is 1.56 bits per heavy atom. The van der Waals surface area contributed by atoms with E-state index in [0.29, 0.717) is 0 Å². The van der Waals surface area contributed by atoms with Crippen LogP contribution in [0.1, 0.15) is 0 Å². The molecule has 0 aliphatic carbocycles. The summed E-state index contributed by atoms with van der Waals surface area (Å²) < 4.78 is 3.96. The van der Waals surface area contributed by atoms with Gasteiger partial charge in [-0.15, -0.1) is 0 Å². The Morgan fingerprint density at radius 2 is 2.11 bits per heavy atom. The first-order valence-corrected chi connectivity index (χ1v) is 2.26. The standard InChI is InChI=1S/C5H4O4/c1-2-3(6)5(8)9-4(2)7/h3,6H,1H2. The number of ether oxygens (including phenoxy) is 1. The lowest BCUT2D eigenvalue weighted by molar-refractivity contribution is -0.154. The lowest BCUT2D eigenvalue weighted by Crippen LogP contribution is -2.13. The zero-order chi connectivity index (χ0) is 7.02. The number of carbonyl (C=O) groups is 2. The van der Waals surface area contributed by atoms with Gasteiger partial charge in [-0.3, -0.25) is 0 Å². The predicted octanol–water partition coefficient (Wildman–Crippen LogP) is -1.01. The molecule has 0 amide bonds. The minimum absolute atomic E-state index is 0.194. The third kappa shape index (κ3) is 0.728. The van der Waals surface area contributed by atoms with E-state index in [1.807, 2.05) is 0 Å². The lowest BCUT2D eigenvalue weighted by Gasteiger charge is -1.88. The van der Waals surface area contributed by atoms with Gasteiger partial charge in [0.1, 0.15) is 0 Å². The van der Waals surface area contributed by atoms with Gasteiger partial charge in [-0.1, -0.05) is 6.58 Å². The second kappa shape index (κ2) is 1.66. The minimum atomic E-state index is -1.45. The molecule has 0 aromatic carbocycles. The third-order valence-corrected chi connectivity index (χ3v) is 1.01. The highest BCUT2D eigenvalue weighted by atomic mass is 16.6. The van der Waals surface area contributed by atoms with Gasteiger partial charge in [0.2, 0.25) is 0 Å². The number of aliphatic hydroxyl groups is 1. The number of hydrogen-bond donors (Lipinski definition) is 1. The van der Waals surface area contributed by atoms with E-state index < -0.39 is 18.0 Å². The van der Waals surface area contributed by atoms with E-state index in [9.17, 15) is 9.59 Å². The molecule has 9 heavy (non-hydrogen) atoms. The van der Waals surface area contributed by atoms with E-state index in [1.54, 1.807) is 0 Å². The molecular weight excluding hydrogens is 124 g/mol. The van der Waals surface area contributed by atoms with E-state index in [-0.39, 0.29) is 5.57 Å². The van der Waals surface area contributed by atoms with Crippen LogP contribution < -0.4 is 0 Å². The molecule has 1 fully saturated rings. The molecule has 1 aliphatic rings. The number of esters is 2. The first-order chi connectivity index (χ1) is 4.13. The van der Waals surface area contributed by atoms with Crippen molar-refractivity contribution in [3.8, 4) is 0 Å². The van der Waals surface area contributed by atoms with Gasteiger partial charge in [-0.05, 0) is 0 Å². The Labute approximate surface area is 50.7 Å². The average molecular weight is 128 g/mol. The fourth-order valence-corrected chi connectivity index (χ4v) is 0.467. The van der Waals surface area contributed by atoms with Crippen LogP contribution in [-0.4, -0.2) is 23.1 Å². The van der Waals surface area contributed by atoms with Crippen molar-refractivity contribution in [1.82, 2.24) is 0 Å². The van der Waals surface area contributed by atoms with Crippen molar-refractivity contribution in [2.45, 2.75) is 6.10 Å². The third-order valence-electron chi connectivity index (χ3n) is 1.01. The zero-order valence-corrected chi connectivity index (χ0v) is 4.46. The van der Waals surface area contributed by atoms with Gasteiger partial charge in [0.15, 0.2) is 6.10 Å². The maximum absolute atomic E-state index is 10.3. The molecule has 0 radical (unpaired) electrons. The van der Waals surface area contributed by atoms with Crippen LogP contribution in [0.15, 0.2) is 12.2 Å². The molecule has 1 atom stereocenters. The molecule has 4 heteroatoms. The van der Waals surface area contributed by atoms with Crippen molar-refractivity contribution in [2.24, 2.45) is 0 Å². The molecule has 0 spiro atoms. The molecule has 1 rings (SSSR count). The van der Waals surface area contributed by atoms with Crippen molar-refractivity contribution < 1.29 is 19.4 Å². The summed E-state index contributed by atoms with van der Waals surface area (Å²) in [4.78, 5) is 20.5. The van der Waals surface area contributed by atoms with Crippen molar-refractivity contribution in [2.75, 3.05) is 0 Å². The summed E-state index contributed by atoms with van der Waals surface area (Å²) in [6.45, 7) is 3.12. The molecule has 1 unspecified atom stereocenters. The Morgan fingerprint density at radius 3 is 2.22 bits per heavy atom. The minimum Gasteiger partial charge on any atom is -0.387 e. The first-order valence-electron chi connectivity index (χ1n) is 2.26. The predicted molar refractivity (Wildman–Crippen MR) is 26.2 cm³/mol. The van der Waals surface area contributed by atoms with E-state index >= 15 is 0 Å². The fraction of sp³-hybridized carbons (Fsp3) is 0.200. The molecule has 1 N–H and O–H groups in total. The van der Waals surface area contributed by atoms with Crippen LogP contribution in [0.5, 0.6) is 0 Å². The topological polar surface area (TPSA) is 63.6 Å². The molecule has 0 bridgehead atoms. The number of carbonyl (C=O) groups excluding carboxylic acids is 2. The van der Waals surface area contributed by atoms with E-state index in [0.717, 1.165) is 0 Å². The summed E-state index contributed by atoms with van der Waals surface area (Å²) in [5.41, 5.74) is -0.194. The summed E-state index contributed by atoms with van der Waals surface area (Å²) in [7, 11) is 0. The summed E-state index contributed by atoms with van der Waals surface area (Å²) in [5.74, 6) is -1.78. The largest absolute Gasteiger partial charge is 0.387 e. The van der Waals surface area contributed by atoms with Gasteiger partial charge >= 0.3 is 11.9 Å². The Hall–Kier alpha value is -1.16. The van der Waals surface area contributed by atoms with Gasteiger partial charge in [0, 0.05) is 0 Å². The zero-order valence-electron chi connectivity index (χ0n) is 4.46. The molecule has 1 heterocycles. The maximum atomic E-state index is 10.3. The summed E-state index contributed by atoms with van der Waals surface area (Å²) in [5, 5.41) is 8.64. The molecule has 0 aromatic rings. The van der Waals surface area contributed by atoms with Crippen molar-refractivity contribution in [3.63, 3.8) is 0 Å². The van der Waals surface area contributed by atoms with Crippen molar-refractivity contribution in [3.05, 3.63) is 12.2 Å². The number of rotatable bonds is 0.